The fourth-order valence-electron chi connectivity index (χ4n) is 1.75. The van der Waals surface area contributed by atoms with Crippen molar-refractivity contribution in [3.05, 3.63) is 29.8 Å². The molecule has 0 bridgehead atoms. The molecule has 1 aromatic rings. The molecule has 0 radical (unpaired) electrons. The Morgan fingerprint density at radius 3 is 2.53 bits per heavy atom. The number of nitriles is 1. The molecule has 0 aliphatic carbocycles. The summed E-state index contributed by atoms with van der Waals surface area (Å²) >= 11 is 0. The zero-order valence-corrected chi connectivity index (χ0v) is 11.0. The number of ether oxygens (including phenoxy) is 1. The van der Waals surface area contributed by atoms with E-state index in [9.17, 15) is 0 Å². The molecule has 19 heavy (non-hydrogen) atoms. The van der Waals surface area contributed by atoms with Gasteiger partial charge in [-0.15, -0.1) is 0 Å². The Kier molecular flexibility index (Phi) is 7.59. The summed E-state index contributed by atoms with van der Waals surface area (Å²) in [6.45, 7) is 2.60. The van der Waals surface area contributed by atoms with Crippen molar-refractivity contribution in [1.82, 2.24) is 4.90 Å². The van der Waals surface area contributed by atoms with Gasteiger partial charge in [0.25, 0.3) is 0 Å². The van der Waals surface area contributed by atoms with Gasteiger partial charge in [-0.2, -0.15) is 5.26 Å². The number of benzene rings is 1. The number of hydrogen-bond donors (Lipinski definition) is 2. The van der Waals surface area contributed by atoms with Crippen LogP contribution in [0.1, 0.15) is 12.0 Å². The first-order valence-electron chi connectivity index (χ1n) is 6.37. The molecule has 0 unspecified atom stereocenters. The Morgan fingerprint density at radius 1 is 1.16 bits per heavy atom. The van der Waals surface area contributed by atoms with E-state index in [1.807, 2.05) is 11.0 Å². The Morgan fingerprint density at radius 2 is 1.89 bits per heavy atom. The van der Waals surface area contributed by atoms with E-state index in [1.54, 1.807) is 18.2 Å². The maximum atomic E-state index is 8.87. The molecule has 0 aliphatic heterocycles. The first kappa shape index (κ1) is 15.4. The second-order valence-corrected chi connectivity index (χ2v) is 4.13. The minimum atomic E-state index is 0.0884. The number of rotatable bonds is 9. The molecular formula is C14H20N2O3. The molecule has 2 N–H and O–H groups in total. The standard InChI is InChI=1S/C14H20N2O3/c15-12-13-3-1-4-14(11-13)19-10-2-5-16(6-8-17)7-9-18/h1,3-4,11,17-18H,2,5-10H2. The van der Waals surface area contributed by atoms with Crippen molar-refractivity contribution < 1.29 is 14.9 Å². The average Bonchev–Trinajstić information content (AvgIpc) is 2.44. The maximum Gasteiger partial charge on any atom is 0.120 e. The van der Waals surface area contributed by atoms with Crippen LogP contribution in [0.2, 0.25) is 0 Å². The maximum absolute atomic E-state index is 8.87. The lowest BCUT2D eigenvalue weighted by atomic mass is 10.2. The molecule has 0 fully saturated rings. The monoisotopic (exact) mass is 264 g/mol. The summed E-state index contributed by atoms with van der Waals surface area (Å²) < 4.78 is 5.55. The molecule has 104 valence electrons. The second kappa shape index (κ2) is 9.34. The first-order chi connectivity index (χ1) is 9.30. The van der Waals surface area contributed by atoms with Crippen LogP contribution in [0.3, 0.4) is 0 Å². The molecule has 0 saturated heterocycles. The van der Waals surface area contributed by atoms with Crippen molar-refractivity contribution in [3.63, 3.8) is 0 Å². The summed E-state index contributed by atoms with van der Waals surface area (Å²) in [7, 11) is 0. The summed E-state index contributed by atoms with van der Waals surface area (Å²) in [4.78, 5) is 1.98. The van der Waals surface area contributed by atoms with Gasteiger partial charge in [0.15, 0.2) is 0 Å². The zero-order valence-electron chi connectivity index (χ0n) is 11.0. The van der Waals surface area contributed by atoms with Crippen molar-refractivity contribution in [2.45, 2.75) is 6.42 Å². The van der Waals surface area contributed by atoms with Gasteiger partial charge in [-0.25, -0.2) is 0 Å². The van der Waals surface area contributed by atoms with Crippen LogP contribution in [-0.2, 0) is 0 Å². The highest BCUT2D eigenvalue weighted by molar-refractivity contribution is 5.36. The fraction of sp³-hybridized carbons (Fsp3) is 0.500. The van der Waals surface area contributed by atoms with Crippen LogP contribution in [0.25, 0.3) is 0 Å². The van der Waals surface area contributed by atoms with Crippen molar-refractivity contribution in [3.8, 4) is 11.8 Å². The third-order valence-corrected chi connectivity index (χ3v) is 2.68. The van der Waals surface area contributed by atoms with Crippen molar-refractivity contribution in [1.29, 1.82) is 5.26 Å². The highest BCUT2D eigenvalue weighted by Gasteiger charge is 2.03. The molecule has 0 saturated carbocycles. The van der Waals surface area contributed by atoms with Crippen molar-refractivity contribution in [2.24, 2.45) is 0 Å². The normalized spacial score (nSPS) is 10.4. The van der Waals surface area contributed by atoms with E-state index in [4.69, 9.17) is 20.2 Å². The van der Waals surface area contributed by atoms with Gasteiger partial charge in [0.05, 0.1) is 31.5 Å². The molecular weight excluding hydrogens is 244 g/mol. The molecule has 5 nitrogen and oxygen atoms in total. The predicted molar refractivity (Wildman–Crippen MR) is 71.9 cm³/mol. The molecule has 0 aromatic heterocycles. The van der Waals surface area contributed by atoms with E-state index >= 15 is 0 Å². The lowest BCUT2D eigenvalue weighted by molar-refractivity contribution is 0.153. The van der Waals surface area contributed by atoms with E-state index in [-0.39, 0.29) is 13.2 Å². The zero-order chi connectivity index (χ0) is 13.9. The molecule has 5 heteroatoms. The minimum Gasteiger partial charge on any atom is -0.494 e. The van der Waals surface area contributed by atoms with E-state index < -0.39 is 0 Å². The van der Waals surface area contributed by atoms with Crippen LogP contribution < -0.4 is 4.74 Å². The Labute approximate surface area is 113 Å². The SMILES string of the molecule is N#Cc1cccc(OCCCN(CCO)CCO)c1. The second-order valence-electron chi connectivity index (χ2n) is 4.13. The fourth-order valence-corrected chi connectivity index (χ4v) is 1.75. The summed E-state index contributed by atoms with van der Waals surface area (Å²) in [5, 5.41) is 26.5. The third-order valence-electron chi connectivity index (χ3n) is 2.68. The highest BCUT2D eigenvalue weighted by atomic mass is 16.5. The summed E-state index contributed by atoms with van der Waals surface area (Å²) in [6, 6.07) is 9.12. The van der Waals surface area contributed by atoms with Gasteiger partial charge in [0, 0.05) is 19.6 Å². The Hall–Kier alpha value is -1.61. The quantitative estimate of drug-likeness (QED) is 0.639. The van der Waals surface area contributed by atoms with E-state index in [0.717, 1.165) is 13.0 Å². The van der Waals surface area contributed by atoms with Gasteiger partial charge in [-0.3, -0.25) is 4.90 Å². The van der Waals surface area contributed by atoms with Crippen LogP contribution in [0.5, 0.6) is 5.75 Å². The summed E-state index contributed by atoms with van der Waals surface area (Å²) in [6.07, 6.45) is 0.802. The first-order valence-corrected chi connectivity index (χ1v) is 6.37. The van der Waals surface area contributed by atoms with Crippen molar-refractivity contribution in [2.75, 3.05) is 39.5 Å². The van der Waals surface area contributed by atoms with Gasteiger partial charge in [0.2, 0.25) is 0 Å². The summed E-state index contributed by atoms with van der Waals surface area (Å²) in [5.74, 6) is 0.690. The lowest BCUT2D eigenvalue weighted by Gasteiger charge is -2.19. The van der Waals surface area contributed by atoms with E-state index in [1.165, 1.54) is 0 Å². The largest absolute Gasteiger partial charge is 0.494 e. The topological polar surface area (TPSA) is 76.7 Å². The van der Waals surface area contributed by atoms with Crippen LogP contribution in [0.15, 0.2) is 24.3 Å². The Balaban J connectivity index is 2.27. The van der Waals surface area contributed by atoms with Gasteiger partial charge in [0.1, 0.15) is 5.75 Å². The van der Waals surface area contributed by atoms with Gasteiger partial charge >= 0.3 is 0 Å². The number of aliphatic hydroxyl groups is 2. The molecule has 0 amide bonds. The van der Waals surface area contributed by atoms with Crippen LogP contribution >= 0.6 is 0 Å². The minimum absolute atomic E-state index is 0.0884. The molecule has 1 aromatic carbocycles. The van der Waals surface area contributed by atoms with Crippen LogP contribution in [-0.4, -0.2) is 54.6 Å². The van der Waals surface area contributed by atoms with E-state index in [0.29, 0.717) is 31.0 Å². The van der Waals surface area contributed by atoms with Crippen LogP contribution in [0, 0.1) is 11.3 Å². The number of aliphatic hydroxyl groups excluding tert-OH is 2. The van der Waals surface area contributed by atoms with Gasteiger partial charge < -0.3 is 14.9 Å². The smallest absolute Gasteiger partial charge is 0.120 e. The average molecular weight is 264 g/mol. The number of nitrogens with zero attached hydrogens (tertiary/aromatic N) is 2. The molecule has 0 spiro atoms. The van der Waals surface area contributed by atoms with Gasteiger partial charge in [-0.05, 0) is 24.6 Å². The predicted octanol–water partition coefficient (Wildman–Crippen LogP) is 0.614. The molecule has 1 rings (SSSR count). The van der Waals surface area contributed by atoms with E-state index in [2.05, 4.69) is 6.07 Å². The Bertz CT molecular complexity index is 398. The summed E-state index contributed by atoms with van der Waals surface area (Å²) in [5.41, 5.74) is 0.583. The van der Waals surface area contributed by atoms with Gasteiger partial charge in [-0.1, -0.05) is 6.07 Å². The molecule has 0 atom stereocenters. The molecule has 0 heterocycles. The highest BCUT2D eigenvalue weighted by Crippen LogP contribution is 2.12. The number of hydrogen-bond acceptors (Lipinski definition) is 5. The lowest BCUT2D eigenvalue weighted by Crippen LogP contribution is -2.31. The van der Waals surface area contributed by atoms with Crippen molar-refractivity contribution >= 4 is 0 Å². The third kappa shape index (κ3) is 6.20. The molecule has 0 aliphatic rings. The van der Waals surface area contributed by atoms with Crippen LogP contribution in [0.4, 0.5) is 0 Å².